The molecule has 1 aliphatic rings. The zero-order valence-electron chi connectivity index (χ0n) is 21.9. The van der Waals surface area contributed by atoms with Gasteiger partial charge in [0, 0.05) is 18.4 Å². The van der Waals surface area contributed by atoms with Gasteiger partial charge in [0.25, 0.3) is 5.91 Å². The average molecular weight is 510 g/mol. The summed E-state index contributed by atoms with van der Waals surface area (Å²) in [6.07, 6.45) is 6.07. The highest BCUT2D eigenvalue weighted by atomic mass is 16.5. The lowest BCUT2D eigenvalue weighted by Crippen LogP contribution is -2.38. The molecule has 0 radical (unpaired) electrons. The first kappa shape index (κ1) is 28.0. The molecule has 0 aromatic heterocycles. The van der Waals surface area contributed by atoms with E-state index in [-0.39, 0.29) is 23.3 Å². The van der Waals surface area contributed by atoms with E-state index < -0.39 is 11.9 Å². The van der Waals surface area contributed by atoms with Crippen molar-refractivity contribution >= 4 is 29.2 Å². The van der Waals surface area contributed by atoms with Gasteiger partial charge < -0.3 is 14.3 Å². The van der Waals surface area contributed by atoms with Gasteiger partial charge in [-0.3, -0.25) is 14.9 Å². The number of phenols is 1. The number of nitrogens with one attached hydrogen (secondary N) is 1. The van der Waals surface area contributed by atoms with Gasteiger partial charge in [0.2, 0.25) is 5.91 Å². The molecule has 2 aromatic rings. The van der Waals surface area contributed by atoms with Gasteiger partial charge in [-0.2, -0.15) is 10.2 Å². The van der Waals surface area contributed by atoms with Crippen molar-refractivity contribution in [3.63, 3.8) is 0 Å². The number of benzene rings is 2. The molecule has 1 unspecified atom stereocenters. The summed E-state index contributed by atoms with van der Waals surface area (Å²) in [6.45, 7) is 3.79. The van der Waals surface area contributed by atoms with E-state index in [1.54, 1.807) is 30.3 Å². The zero-order chi connectivity index (χ0) is 26.8. The molecule has 0 saturated carbocycles. The highest BCUT2D eigenvalue weighted by Crippen LogP contribution is 2.27. The van der Waals surface area contributed by atoms with Crippen LogP contribution in [0.3, 0.4) is 0 Å². The van der Waals surface area contributed by atoms with Gasteiger partial charge in [0.1, 0.15) is 17.9 Å². The van der Waals surface area contributed by atoms with Gasteiger partial charge in [0.05, 0.1) is 32.0 Å². The quantitative estimate of drug-likeness (QED) is 0.181. The van der Waals surface area contributed by atoms with E-state index in [2.05, 4.69) is 36.6 Å². The van der Waals surface area contributed by atoms with Gasteiger partial charge in [0.15, 0.2) is 6.10 Å². The van der Waals surface area contributed by atoms with E-state index >= 15 is 0 Å². The van der Waals surface area contributed by atoms with Crippen molar-refractivity contribution in [1.82, 2.24) is 5.32 Å². The summed E-state index contributed by atoms with van der Waals surface area (Å²) in [5.41, 5.74) is 1.25. The van der Waals surface area contributed by atoms with Crippen LogP contribution in [0.2, 0.25) is 0 Å². The maximum atomic E-state index is 12.6. The van der Waals surface area contributed by atoms with Crippen molar-refractivity contribution < 1.29 is 28.7 Å². The number of esters is 1. The number of likely N-dealkylation sites (tertiary alicyclic amines) is 1. The summed E-state index contributed by atoms with van der Waals surface area (Å²) in [5, 5.41) is 20.9. The van der Waals surface area contributed by atoms with Gasteiger partial charge in [-0.25, -0.2) is 4.79 Å². The van der Waals surface area contributed by atoms with Crippen LogP contribution in [0, 0.1) is 0 Å². The highest BCUT2D eigenvalue weighted by molar-refractivity contribution is 6.04. The van der Waals surface area contributed by atoms with E-state index in [1.165, 1.54) is 12.1 Å². The summed E-state index contributed by atoms with van der Waals surface area (Å²) in [7, 11) is 4.17. The van der Waals surface area contributed by atoms with E-state index in [0.717, 1.165) is 56.1 Å². The van der Waals surface area contributed by atoms with Crippen molar-refractivity contribution in [1.29, 1.82) is 0 Å². The first-order valence-corrected chi connectivity index (χ1v) is 12.9. The predicted molar refractivity (Wildman–Crippen MR) is 140 cm³/mol. The third-order valence-corrected chi connectivity index (χ3v) is 6.40. The second-order valence-electron chi connectivity index (χ2n) is 10.1. The number of ether oxygens (including phenoxy) is 1. The van der Waals surface area contributed by atoms with Crippen LogP contribution in [-0.4, -0.2) is 60.7 Å². The predicted octanol–water partition coefficient (Wildman–Crippen LogP) is 5.43. The van der Waals surface area contributed by atoms with Gasteiger partial charge in [-0.15, -0.1) is 0 Å². The Hall–Kier alpha value is -3.59. The number of azo groups is 1. The van der Waals surface area contributed by atoms with Crippen LogP contribution in [0.1, 0.15) is 72.6 Å². The van der Waals surface area contributed by atoms with Crippen LogP contribution in [0.25, 0.3) is 0 Å². The fraction of sp³-hybridized carbons (Fsp3) is 0.464. The normalized spacial score (nSPS) is 16.6. The maximum Gasteiger partial charge on any atom is 0.342 e. The Labute approximate surface area is 218 Å². The summed E-state index contributed by atoms with van der Waals surface area (Å²) < 4.78 is 6.37. The summed E-state index contributed by atoms with van der Waals surface area (Å²) in [6, 6.07) is 10.7. The number of unbranched alkanes of at least 4 members (excludes halogenated alkanes) is 4. The van der Waals surface area contributed by atoms with E-state index in [1.807, 2.05) is 0 Å². The summed E-state index contributed by atoms with van der Waals surface area (Å²) in [4.78, 5) is 36.9. The number of aromatic hydroxyl groups is 1. The molecule has 198 valence electrons. The third-order valence-electron chi connectivity index (χ3n) is 6.40. The number of carbonyl (C=O) groups excluding carboxylic acids is 3. The molecule has 2 amide bonds. The number of nitrogens with zero attached hydrogens (tertiary/aromatic N) is 3. The smallest absolute Gasteiger partial charge is 0.342 e. The molecule has 1 heterocycles. The Kier molecular flexibility index (Phi) is 9.91. The largest absolute Gasteiger partial charge is 0.507 e. The molecule has 37 heavy (non-hydrogen) atoms. The van der Waals surface area contributed by atoms with Crippen LogP contribution >= 0.6 is 0 Å². The summed E-state index contributed by atoms with van der Waals surface area (Å²) in [5.74, 6) is -1.50. The Balaban J connectivity index is 1.54. The van der Waals surface area contributed by atoms with Crippen LogP contribution in [0.15, 0.2) is 52.7 Å². The number of rotatable bonds is 11. The first-order chi connectivity index (χ1) is 17.7. The minimum Gasteiger partial charge on any atom is -0.507 e. The molecule has 9 nitrogen and oxygen atoms in total. The van der Waals surface area contributed by atoms with Gasteiger partial charge >= 0.3 is 5.97 Å². The molecular weight excluding hydrogens is 472 g/mol. The number of likely N-dealkylation sites (N-methyl/N-ethyl adjacent to an activating group) is 1. The topological polar surface area (TPSA) is 117 Å². The molecule has 1 saturated heterocycles. The number of carbonyl (C=O) groups is 3. The van der Waals surface area contributed by atoms with Gasteiger partial charge in [-0.1, -0.05) is 32.6 Å². The fourth-order valence-electron chi connectivity index (χ4n) is 4.23. The van der Waals surface area contributed by atoms with E-state index in [9.17, 15) is 19.5 Å². The molecule has 2 N–H and O–H groups in total. The number of hydrogen-bond acceptors (Lipinski definition) is 7. The lowest BCUT2D eigenvalue weighted by atomic mass is 10.1. The van der Waals surface area contributed by atoms with E-state index in [0.29, 0.717) is 23.4 Å². The highest BCUT2D eigenvalue weighted by Gasteiger charge is 2.34. The zero-order valence-corrected chi connectivity index (χ0v) is 21.9. The second kappa shape index (κ2) is 13.1. The number of amides is 2. The number of quaternary nitrogens is 1. The monoisotopic (exact) mass is 509 g/mol. The average Bonchev–Trinajstić information content (AvgIpc) is 3.21. The standard InChI is InChI=1S/C28H36N4O5/c1-4-5-6-7-8-9-26(34)29-27(35)20-10-12-21(13-11-20)30-31-22-14-15-25(33)24(18-22)28(36)37-23-16-17-32(2,3)19-23/h10-15,18,23H,4-9,16-17,19H2,1-3H3,(H-,29,30,33,34,35,36)/p+1. The van der Waals surface area contributed by atoms with E-state index in [4.69, 9.17) is 4.74 Å². The molecule has 0 spiro atoms. The fourth-order valence-corrected chi connectivity index (χ4v) is 4.23. The Morgan fingerprint density at radius 1 is 1.00 bits per heavy atom. The molecule has 2 aromatic carbocycles. The van der Waals surface area contributed by atoms with Crippen molar-refractivity contribution in [2.75, 3.05) is 27.2 Å². The molecule has 1 atom stereocenters. The lowest BCUT2D eigenvalue weighted by Gasteiger charge is -2.22. The van der Waals surface area contributed by atoms with Gasteiger partial charge in [-0.05, 0) is 48.9 Å². The Morgan fingerprint density at radius 3 is 2.35 bits per heavy atom. The van der Waals surface area contributed by atoms with Crippen LogP contribution in [-0.2, 0) is 9.53 Å². The number of imide groups is 1. The number of phenolic OH excluding ortho intramolecular Hbond substituents is 1. The minimum atomic E-state index is -0.590. The van der Waals surface area contributed by atoms with Crippen molar-refractivity contribution in [3.8, 4) is 5.75 Å². The molecule has 1 fully saturated rings. The Bertz CT molecular complexity index is 1130. The van der Waals surface area contributed by atoms with Crippen LogP contribution in [0.5, 0.6) is 5.75 Å². The lowest BCUT2D eigenvalue weighted by molar-refractivity contribution is -0.879. The summed E-state index contributed by atoms with van der Waals surface area (Å²) >= 11 is 0. The molecule has 0 bridgehead atoms. The van der Waals surface area contributed by atoms with Crippen LogP contribution in [0.4, 0.5) is 11.4 Å². The molecule has 0 aliphatic carbocycles. The van der Waals surface area contributed by atoms with Crippen molar-refractivity contribution in [3.05, 3.63) is 53.6 Å². The molecular formula is C28H37N4O5+. The first-order valence-electron chi connectivity index (χ1n) is 12.9. The molecule has 1 aliphatic heterocycles. The Morgan fingerprint density at radius 2 is 1.68 bits per heavy atom. The van der Waals surface area contributed by atoms with Crippen molar-refractivity contribution in [2.24, 2.45) is 10.2 Å². The number of hydrogen-bond donors (Lipinski definition) is 2. The second-order valence-corrected chi connectivity index (χ2v) is 10.1. The van der Waals surface area contributed by atoms with Crippen molar-refractivity contribution in [2.45, 2.75) is 58.0 Å². The van der Waals surface area contributed by atoms with Crippen LogP contribution < -0.4 is 5.32 Å². The maximum absolute atomic E-state index is 12.6. The minimum absolute atomic E-state index is 0.0377. The molecule has 3 rings (SSSR count). The SMILES string of the molecule is CCCCCCCC(=O)NC(=O)c1ccc(N=Nc2ccc(O)c(C(=O)OC3CC[N+](C)(C)C3)c2)cc1. The third kappa shape index (κ3) is 8.78. The molecule has 9 heteroatoms.